The van der Waals surface area contributed by atoms with E-state index in [2.05, 4.69) is 67.7 Å². The highest BCUT2D eigenvalue weighted by Crippen LogP contribution is 2.42. The Labute approximate surface area is 158 Å². The van der Waals surface area contributed by atoms with E-state index in [1.54, 1.807) is 0 Å². The summed E-state index contributed by atoms with van der Waals surface area (Å²) in [6.07, 6.45) is 5.23. The lowest BCUT2D eigenvalue weighted by Crippen LogP contribution is -2.48. The van der Waals surface area contributed by atoms with Gasteiger partial charge < -0.3 is 14.0 Å². The van der Waals surface area contributed by atoms with Gasteiger partial charge in [-0.3, -0.25) is 0 Å². The summed E-state index contributed by atoms with van der Waals surface area (Å²) in [6, 6.07) is 0. The molecule has 1 fully saturated rings. The van der Waals surface area contributed by atoms with Crippen molar-refractivity contribution in [2.75, 3.05) is 6.61 Å². The molecule has 0 aromatic rings. The normalized spacial score (nSPS) is 23.7. The molecule has 0 spiro atoms. The molecule has 1 N–H and O–H groups in total. The Morgan fingerprint density at radius 3 is 1.52 bits per heavy atom. The molecule has 0 aromatic heterocycles. The molecule has 0 radical (unpaired) electrons. The van der Waals surface area contributed by atoms with E-state index in [0.717, 1.165) is 19.3 Å². The molecular formula is C20H42O3Si2. The van der Waals surface area contributed by atoms with Crippen LogP contribution in [-0.2, 0) is 8.85 Å². The lowest BCUT2D eigenvalue weighted by atomic mass is 9.92. The summed E-state index contributed by atoms with van der Waals surface area (Å²) in [5.41, 5.74) is 1.29. The first-order valence-corrected chi connectivity index (χ1v) is 15.5. The highest BCUT2D eigenvalue weighted by molar-refractivity contribution is 6.74. The van der Waals surface area contributed by atoms with Crippen LogP contribution in [0.4, 0.5) is 0 Å². The number of aliphatic hydroxyl groups excluding tert-OH is 1. The van der Waals surface area contributed by atoms with E-state index < -0.39 is 16.6 Å². The topological polar surface area (TPSA) is 38.7 Å². The molecule has 1 rings (SSSR count). The lowest BCUT2D eigenvalue weighted by molar-refractivity contribution is 0.0722. The van der Waals surface area contributed by atoms with Gasteiger partial charge in [0.25, 0.3) is 0 Å². The Bertz CT molecular complexity index is 432. The molecule has 0 heterocycles. The second kappa shape index (κ2) is 7.97. The molecule has 3 nitrogen and oxygen atoms in total. The average molecular weight is 388 g/mol. The van der Waals surface area contributed by atoms with Crippen LogP contribution in [0.25, 0.3) is 0 Å². The number of hydrogen-bond acceptors (Lipinski definition) is 3. The first-order chi connectivity index (χ1) is 11.1. The zero-order valence-electron chi connectivity index (χ0n) is 18.3. The van der Waals surface area contributed by atoms with Gasteiger partial charge in [-0.2, -0.15) is 0 Å². The minimum absolute atomic E-state index is 0.106. The summed E-state index contributed by atoms with van der Waals surface area (Å²) in [4.78, 5) is 0. The third-order valence-electron chi connectivity index (χ3n) is 6.42. The first-order valence-electron chi connectivity index (χ1n) is 9.73. The summed E-state index contributed by atoms with van der Waals surface area (Å²) >= 11 is 0. The Morgan fingerprint density at radius 1 is 0.880 bits per heavy atom. The van der Waals surface area contributed by atoms with Crippen molar-refractivity contribution in [3.63, 3.8) is 0 Å². The predicted octanol–water partition coefficient (Wildman–Crippen LogP) is 5.87. The predicted molar refractivity (Wildman–Crippen MR) is 113 cm³/mol. The van der Waals surface area contributed by atoms with Crippen LogP contribution in [-0.4, -0.2) is 40.6 Å². The molecule has 0 unspecified atom stereocenters. The summed E-state index contributed by atoms with van der Waals surface area (Å²) in [7, 11) is -3.61. The van der Waals surface area contributed by atoms with Gasteiger partial charge in [0.1, 0.15) is 0 Å². The van der Waals surface area contributed by atoms with E-state index in [9.17, 15) is 5.11 Å². The molecule has 1 aliphatic carbocycles. The second-order valence-corrected chi connectivity index (χ2v) is 20.2. The van der Waals surface area contributed by atoms with Gasteiger partial charge in [-0.15, -0.1) is 0 Å². The Balaban J connectivity index is 2.94. The molecule has 0 bridgehead atoms. The monoisotopic (exact) mass is 387 g/mol. The highest BCUT2D eigenvalue weighted by atomic mass is 28.4. The Hall–Kier alpha value is 0.0538. The maximum atomic E-state index is 9.37. The molecule has 0 aromatic carbocycles. The number of aliphatic hydroxyl groups is 1. The lowest BCUT2D eigenvalue weighted by Gasteiger charge is -2.45. The Morgan fingerprint density at radius 2 is 1.24 bits per heavy atom. The summed E-state index contributed by atoms with van der Waals surface area (Å²) in [6.45, 7) is 23.1. The molecule has 0 amide bonds. The van der Waals surface area contributed by atoms with E-state index in [1.165, 1.54) is 5.57 Å². The van der Waals surface area contributed by atoms with Crippen molar-refractivity contribution in [1.82, 2.24) is 0 Å². The fourth-order valence-electron chi connectivity index (χ4n) is 2.79. The van der Waals surface area contributed by atoms with E-state index in [4.69, 9.17) is 8.85 Å². The van der Waals surface area contributed by atoms with E-state index in [1.807, 2.05) is 6.08 Å². The molecule has 5 heteroatoms. The summed E-state index contributed by atoms with van der Waals surface area (Å²) in [5.74, 6) is 0. The van der Waals surface area contributed by atoms with Gasteiger partial charge >= 0.3 is 0 Å². The highest BCUT2D eigenvalue weighted by Gasteiger charge is 2.43. The first kappa shape index (κ1) is 23.1. The standard InChI is InChI=1S/C20H42O3Si2/c1-19(2,3)24(7,8)22-17-13-16(11-12-21)14-18(15-17)23-25(9,10)20(4,5)6/h11,17-18,21H,12-15H2,1-10H3/t17-,18-/m1/s1/i11+1. The molecule has 1 saturated carbocycles. The number of hydrogen-bond donors (Lipinski definition) is 1. The molecule has 1 aliphatic rings. The fraction of sp³-hybridized carbons (Fsp3) is 0.900. The smallest absolute Gasteiger partial charge is 0.192 e. The minimum Gasteiger partial charge on any atom is -0.414 e. The minimum atomic E-state index is -1.80. The number of rotatable bonds is 5. The van der Waals surface area contributed by atoms with Crippen LogP contribution in [0.1, 0.15) is 60.8 Å². The van der Waals surface area contributed by atoms with Gasteiger partial charge in [0.2, 0.25) is 0 Å². The molecule has 25 heavy (non-hydrogen) atoms. The van der Waals surface area contributed by atoms with Crippen molar-refractivity contribution < 1.29 is 14.0 Å². The van der Waals surface area contributed by atoms with Crippen LogP contribution >= 0.6 is 0 Å². The quantitative estimate of drug-likeness (QED) is 0.364. The second-order valence-electron chi connectivity index (χ2n) is 10.7. The summed E-state index contributed by atoms with van der Waals surface area (Å²) in [5, 5.41) is 9.79. The van der Waals surface area contributed by atoms with Crippen molar-refractivity contribution in [2.45, 2.75) is 109 Å². The van der Waals surface area contributed by atoms with Gasteiger partial charge in [0, 0.05) is 0 Å². The van der Waals surface area contributed by atoms with Gasteiger partial charge in [-0.25, -0.2) is 0 Å². The summed E-state index contributed by atoms with van der Waals surface area (Å²) < 4.78 is 13.4. The molecule has 2 atom stereocenters. The van der Waals surface area contributed by atoms with Crippen molar-refractivity contribution >= 4 is 16.6 Å². The molecule has 0 saturated heterocycles. The van der Waals surface area contributed by atoms with Gasteiger partial charge in [-0.1, -0.05) is 53.2 Å². The molecular weight excluding hydrogens is 345 g/mol. The van der Waals surface area contributed by atoms with Crippen molar-refractivity contribution in [2.24, 2.45) is 0 Å². The third-order valence-corrected chi connectivity index (χ3v) is 15.5. The van der Waals surface area contributed by atoms with Crippen molar-refractivity contribution in [3.8, 4) is 0 Å². The van der Waals surface area contributed by atoms with Crippen LogP contribution in [0, 0.1) is 0 Å². The zero-order valence-corrected chi connectivity index (χ0v) is 20.3. The fourth-order valence-corrected chi connectivity index (χ4v) is 5.52. The van der Waals surface area contributed by atoms with Gasteiger partial charge in [0.05, 0.1) is 18.8 Å². The van der Waals surface area contributed by atoms with E-state index in [0.29, 0.717) is 0 Å². The third kappa shape index (κ3) is 6.31. The largest absolute Gasteiger partial charge is 0.414 e. The van der Waals surface area contributed by atoms with Crippen LogP contribution in [0.15, 0.2) is 11.6 Å². The van der Waals surface area contributed by atoms with Crippen LogP contribution in [0.3, 0.4) is 0 Å². The van der Waals surface area contributed by atoms with Gasteiger partial charge in [0.15, 0.2) is 16.6 Å². The average Bonchev–Trinajstić information content (AvgIpc) is 2.34. The zero-order chi connectivity index (χ0) is 19.7. The van der Waals surface area contributed by atoms with E-state index >= 15 is 0 Å². The van der Waals surface area contributed by atoms with Crippen LogP contribution in [0.5, 0.6) is 0 Å². The van der Waals surface area contributed by atoms with Crippen LogP contribution < -0.4 is 0 Å². The maximum Gasteiger partial charge on any atom is 0.192 e. The maximum absolute atomic E-state index is 9.37. The van der Waals surface area contributed by atoms with Crippen molar-refractivity contribution in [1.29, 1.82) is 0 Å². The molecule has 0 aliphatic heterocycles. The SMILES string of the molecule is CC(C)(C)[Si](C)(C)O[C@@H]1CC(=[13CH]CO)C[C@@H](O[Si](C)(C)C(C)(C)C)C1. The van der Waals surface area contributed by atoms with Gasteiger partial charge in [-0.05, 0) is 55.5 Å². The van der Waals surface area contributed by atoms with Crippen molar-refractivity contribution in [3.05, 3.63) is 11.6 Å². The Kier molecular flexibility index (Phi) is 7.36. The molecule has 148 valence electrons. The van der Waals surface area contributed by atoms with E-state index in [-0.39, 0.29) is 28.9 Å². The van der Waals surface area contributed by atoms with Crippen LogP contribution in [0.2, 0.25) is 36.3 Å².